The Balaban J connectivity index is 1.67. The summed E-state index contributed by atoms with van der Waals surface area (Å²) < 4.78 is 28.2. The Kier molecular flexibility index (Phi) is 6.58. The monoisotopic (exact) mass is 488 g/mol. The standard InChI is InChI=1S/C24H22Cl2N2O3S/c1-17-14-19-4-2-3-5-23(19)28(17)24(29)16-27(15-18-6-8-20(25)9-7-18)32(30,31)22-12-10-21(26)11-13-22/h2-13,17H,14-16H2,1H3/t17-/m0/s1. The van der Waals surface area contributed by atoms with Gasteiger partial charge in [-0.15, -0.1) is 0 Å². The van der Waals surface area contributed by atoms with Gasteiger partial charge in [0.05, 0.1) is 11.4 Å². The topological polar surface area (TPSA) is 57.7 Å². The number of benzene rings is 3. The van der Waals surface area contributed by atoms with Crippen LogP contribution in [0.2, 0.25) is 10.0 Å². The van der Waals surface area contributed by atoms with E-state index in [9.17, 15) is 13.2 Å². The Hall–Kier alpha value is -2.38. The molecule has 0 bridgehead atoms. The number of carbonyl (C=O) groups excluding carboxylic acids is 1. The fourth-order valence-corrected chi connectivity index (χ4v) is 5.58. The number of hydrogen-bond donors (Lipinski definition) is 0. The fourth-order valence-electron chi connectivity index (χ4n) is 3.95. The minimum atomic E-state index is -3.95. The molecule has 4 rings (SSSR count). The molecule has 0 spiro atoms. The lowest BCUT2D eigenvalue weighted by Gasteiger charge is -2.27. The maximum absolute atomic E-state index is 13.5. The van der Waals surface area contributed by atoms with Crippen LogP contribution in [0.3, 0.4) is 0 Å². The fraction of sp³-hybridized carbons (Fsp3) is 0.208. The van der Waals surface area contributed by atoms with Crippen molar-refractivity contribution in [2.45, 2.75) is 30.8 Å². The van der Waals surface area contributed by atoms with E-state index in [2.05, 4.69) is 0 Å². The first-order valence-electron chi connectivity index (χ1n) is 10.2. The molecule has 1 amide bonds. The number of amides is 1. The van der Waals surface area contributed by atoms with Crippen molar-refractivity contribution in [2.75, 3.05) is 11.4 Å². The maximum Gasteiger partial charge on any atom is 0.243 e. The number of halogens is 2. The van der Waals surface area contributed by atoms with Gasteiger partial charge < -0.3 is 4.90 Å². The Morgan fingerprint density at radius 1 is 0.969 bits per heavy atom. The molecular weight excluding hydrogens is 467 g/mol. The number of rotatable bonds is 6. The van der Waals surface area contributed by atoms with Crippen LogP contribution in [0.4, 0.5) is 5.69 Å². The molecule has 0 N–H and O–H groups in total. The molecule has 3 aromatic carbocycles. The summed E-state index contributed by atoms with van der Waals surface area (Å²) in [5.74, 6) is -0.269. The van der Waals surface area contributed by atoms with E-state index >= 15 is 0 Å². The molecule has 0 saturated carbocycles. The number of hydrogen-bond acceptors (Lipinski definition) is 3. The van der Waals surface area contributed by atoms with Crippen molar-refractivity contribution in [3.05, 3.63) is 94.0 Å². The number of sulfonamides is 1. The average molecular weight is 489 g/mol. The number of fused-ring (bicyclic) bond motifs is 1. The number of nitrogens with zero attached hydrogens (tertiary/aromatic N) is 2. The van der Waals surface area contributed by atoms with Gasteiger partial charge in [0, 0.05) is 28.3 Å². The molecule has 0 fully saturated rings. The van der Waals surface area contributed by atoms with Gasteiger partial charge in [0.2, 0.25) is 15.9 Å². The van der Waals surface area contributed by atoms with Crippen LogP contribution < -0.4 is 4.90 Å². The van der Waals surface area contributed by atoms with Crippen LogP contribution in [0.1, 0.15) is 18.1 Å². The third-order valence-electron chi connectivity index (χ3n) is 5.51. The van der Waals surface area contributed by atoms with E-state index in [0.29, 0.717) is 10.0 Å². The molecule has 1 atom stereocenters. The zero-order chi connectivity index (χ0) is 22.9. The van der Waals surface area contributed by atoms with Crippen LogP contribution in [0.5, 0.6) is 0 Å². The second-order valence-corrected chi connectivity index (χ2v) is 10.6. The first-order chi connectivity index (χ1) is 15.3. The first-order valence-corrected chi connectivity index (χ1v) is 12.4. The van der Waals surface area contributed by atoms with Gasteiger partial charge in [-0.3, -0.25) is 4.79 Å². The summed E-state index contributed by atoms with van der Waals surface area (Å²) in [6.07, 6.45) is 0.739. The quantitative estimate of drug-likeness (QED) is 0.481. The summed E-state index contributed by atoms with van der Waals surface area (Å²) in [7, 11) is -3.95. The smallest absolute Gasteiger partial charge is 0.243 e. The van der Waals surface area contributed by atoms with Crippen molar-refractivity contribution in [3.63, 3.8) is 0 Å². The normalized spacial score (nSPS) is 15.8. The molecule has 1 aliphatic rings. The highest BCUT2D eigenvalue weighted by Crippen LogP contribution is 2.32. The SMILES string of the molecule is C[C@H]1Cc2ccccc2N1C(=O)CN(Cc1ccc(Cl)cc1)S(=O)(=O)c1ccc(Cl)cc1. The Bertz CT molecular complexity index is 1230. The molecule has 166 valence electrons. The van der Waals surface area contributed by atoms with E-state index in [4.69, 9.17) is 23.2 Å². The van der Waals surface area contributed by atoms with Gasteiger partial charge in [-0.05, 0) is 66.9 Å². The lowest BCUT2D eigenvalue weighted by molar-refractivity contribution is -0.119. The molecule has 0 saturated heterocycles. The van der Waals surface area contributed by atoms with Crippen LogP contribution in [-0.4, -0.2) is 31.2 Å². The Morgan fingerprint density at radius 3 is 2.22 bits per heavy atom. The third-order valence-corrected chi connectivity index (χ3v) is 7.82. The molecule has 0 unspecified atom stereocenters. The molecule has 3 aromatic rings. The van der Waals surface area contributed by atoms with Crippen molar-refractivity contribution < 1.29 is 13.2 Å². The summed E-state index contributed by atoms with van der Waals surface area (Å²) in [5, 5.41) is 0.992. The van der Waals surface area contributed by atoms with Crippen molar-refractivity contribution in [3.8, 4) is 0 Å². The van der Waals surface area contributed by atoms with E-state index in [-0.39, 0.29) is 29.9 Å². The van der Waals surface area contributed by atoms with Crippen molar-refractivity contribution in [1.29, 1.82) is 0 Å². The largest absolute Gasteiger partial charge is 0.308 e. The van der Waals surface area contributed by atoms with E-state index in [0.717, 1.165) is 23.2 Å². The number of carbonyl (C=O) groups is 1. The molecule has 1 aliphatic heterocycles. The minimum Gasteiger partial charge on any atom is -0.308 e. The number of para-hydroxylation sites is 1. The number of anilines is 1. The highest BCUT2D eigenvalue weighted by atomic mass is 35.5. The van der Waals surface area contributed by atoms with Gasteiger partial charge >= 0.3 is 0 Å². The van der Waals surface area contributed by atoms with E-state index in [1.54, 1.807) is 29.2 Å². The second kappa shape index (κ2) is 9.24. The lowest BCUT2D eigenvalue weighted by atomic mass is 10.1. The summed E-state index contributed by atoms with van der Waals surface area (Å²) >= 11 is 11.9. The maximum atomic E-state index is 13.5. The summed E-state index contributed by atoms with van der Waals surface area (Å²) in [6, 6.07) is 20.5. The minimum absolute atomic E-state index is 0.0394. The van der Waals surface area contributed by atoms with Crippen LogP contribution in [-0.2, 0) is 27.8 Å². The summed E-state index contributed by atoms with van der Waals surface area (Å²) in [4.78, 5) is 15.2. The predicted octanol–water partition coefficient (Wildman–Crippen LogP) is 5.16. The second-order valence-electron chi connectivity index (χ2n) is 7.80. The zero-order valence-corrected chi connectivity index (χ0v) is 19.7. The van der Waals surface area contributed by atoms with Crippen molar-refractivity contribution in [2.24, 2.45) is 0 Å². The molecule has 0 aromatic heterocycles. The Morgan fingerprint density at radius 2 is 1.56 bits per heavy atom. The molecule has 0 aliphatic carbocycles. The van der Waals surface area contributed by atoms with Crippen LogP contribution in [0.25, 0.3) is 0 Å². The van der Waals surface area contributed by atoms with Crippen LogP contribution in [0, 0.1) is 0 Å². The highest BCUT2D eigenvalue weighted by molar-refractivity contribution is 7.89. The zero-order valence-electron chi connectivity index (χ0n) is 17.4. The molecular formula is C24H22Cl2N2O3S. The Labute approximate surface area is 198 Å². The first kappa shape index (κ1) is 22.8. The highest BCUT2D eigenvalue weighted by Gasteiger charge is 2.34. The van der Waals surface area contributed by atoms with E-state index in [1.807, 2.05) is 31.2 Å². The predicted molar refractivity (Wildman–Crippen MR) is 128 cm³/mol. The van der Waals surface area contributed by atoms with E-state index < -0.39 is 10.0 Å². The van der Waals surface area contributed by atoms with Gasteiger partial charge in [-0.25, -0.2) is 8.42 Å². The lowest BCUT2D eigenvalue weighted by Crippen LogP contribution is -2.44. The van der Waals surface area contributed by atoms with E-state index in [1.165, 1.54) is 28.6 Å². The van der Waals surface area contributed by atoms with Crippen LogP contribution in [0.15, 0.2) is 77.7 Å². The molecule has 32 heavy (non-hydrogen) atoms. The summed E-state index contributed by atoms with van der Waals surface area (Å²) in [6.45, 7) is 1.72. The van der Waals surface area contributed by atoms with Gasteiger partial charge in [-0.1, -0.05) is 53.5 Å². The van der Waals surface area contributed by atoms with Crippen molar-refractivity contribution in [1.82, 2.24) is 4.31 Å². The molecule has 1 heterocycles. The van der Waals surface area contributed by atoms with Crippen molar-refractivity contribution >= 4 is 44.8 Å². The van der Waals surface area contributed by atoms with Gasteiger partial charge in [0.15, 0.2) is 0 Å². The molecule has 5 nitrogen and oxygen atoms in total. The van der Waals surface area contributed by atoms with Gasteiger partial charge in [0.25, 0.3) is 0 Å². The molecule has 0 radical (unpaired) electrons. The average Bonchev–Trinajstić information content (AvgIpc) is 3.10. The van der Waals surface area contributed by atoms with Crippen LogP contribution >= 0.6 is 23.2 Å². The summed E-state index contributed by atoms with van der Waals surface area (Å²) in [5.41, 5.74) is 2.65. The molecule has 8 heteroatoms. The third kappa shape index (κ3) is 4.69. The van der Waals surface area contributed by atoms with Gasteiger partial charge in [0.1, 0.15) is 0 Å². The van der Waals surface area contributed by atoms with Gasteiger partial charge in [-0.2, -0.15) is 4.31 Å².